The Morgan fingerprint density at radius 3 is 2.79 bits per heavy atom. The van der Waals surface area contributed by atoms with Gasteiger partial charge in [0.15, 0.2) is 0 Å². The molecular formula is C15H22N6O2S. The van der Waals surface area contributed by atoms with Crippen molar-refractivity contribution in [2.45, 2.75) is 19.3 Å². The van der Waals surface area contributed by atoms with E-state index in [0.717, 1.165) is 36.3 Å². The van der Waals surface area contributed by atoms with E-state index in [4.69, 9.17) is 0 Å². The summed E-state index contributed by atoms with van der Waals surface area (Å²) in [6, 6.07) is 1.84. The zero-order chi connectivity index (χ0) is 17.2. The molecule has 0 radical (unpaired) electrons. The van der Waals surface area contributed by atoms with Crippen LogP contribution in [0.3, 0.4) is 0 Å². The average Bonchev–Trinajstić information content (AvgIpc) is 3.10. The molecule has 1 aliphatic rings. The molecule has 0 bridgehead atoms. The minimum absolute atomic E-state index is 0.265. The average molecular weight is 350 g/mol. The molecule has 0 aromatic carbocycles. The van der Waals surface area contributed by atoms with Gasteiger partial charge in [-0.2, -0.15) is 22.1 Å². The highest BCUT2D eigenvalue weighted by atomic mass is 32.2. The molecule has 1 fully saturated rings. The Labute approximate surface area is 142 Å². The van der Waals surface area contributed by atoms with Crippen molar-refractivity contribution in [3.8, 4) is 11.4 Å². The van der Waals surface area contributed by atoms with E-state index < -0.39 is 10.2 Å². The summed E-state index contributed by atoms with van der Waals surface area (Å²) in [5, 5.41) is 6.76. The molecule has 0 unspecified atom stereocenters. The van der Waals surface area contributed by atoms with Gasteiger partial charge < -0.3 is 0 Å². The van der Waals surface area contributed by atoms with Gasteiger partial charge >= 0.3 is 0 Å². The summed E-state index contributed by atoms with van der Waals surface area (Å²) in [7, 11) is -0.206. The van der Waals surface area contributed by atoms with Crippen LogP contribution >= 0.6 is 0 Å². The van der Waals surface area contributed by atoms with Crippen LogP contribution in [0.5, 0.6) is 0 Å². The van der Waals surface area contributed by atoms with Crippen LogP contribution in [-0.2, 0) is 16.6 Å². The van der Waals surface area contributed by atoms with Crippen molar-refractivity contribution in [2.24, 2.45) is 5.92 Å². The van der Waals surface area contributed by atoms with Crippen LogP contribution in [0.1, 0.15) is 18.5 Å². The summed E-state index contributed by atoms with van der Waals surface area (Å²) in [6.07, 6.45) is 7.76. The molecule has 1 aliphatic heterocycles. The van der Waals surface area contributed by atoms with Crippen LogP contribution in [0.2, 0.25) is 0 Å². The molecule has 0 amide bonds. The van der Waals surface area contributed by atoms with Gasteiger partial charge in [-0.1, -0.05) is 0 Å². The van der Waals surface area contributed by atoms with Crippen molar-refractivity contribution in [1.29, 1.82) is 0 Å². The van der Waals surface area contributed by atoms with Crippen LogP contribution in [0, 0.1) is 5.92 Å². The highest BCUT2D eigenvalue weighted by Gasteiger charge is 2.30. The number of rotatable bonds is 5. The van der Waals surface area contributed by atoms with E-state index in [1.807, 2.05) is 6.07 Å². The van der Waals surface area contributed by atoms with Gasteiger partial charge in [0.1, 0.15) is 5.69 Å². The maximum atomic E-state index is 12.3. The lowest BCUT2D eigenvalue weighted by Crippen LogP contribution is -2.45. The topological polar surface area (TPSA) is 95.1 Å². The number of hydrogen-bond acceptors (Lipinski definition) is 5. The van der Waals surface area contributed by atoms with Crippen LogP contribution in [0.4, 0.5) is 0 Å². The molecule has 0 aliphatic carbocycles. The van der Waals surface area contributed by atoms with Gasteiger partial charge in [-0.15, -0.1) is 0 Å². The molecule has 3 rings (SSSR count). The van der Waals surface area contributed by atoms with E-state index in [1.165, 1.54) is 4.31 Å². The Morgan fingerprint density at radius 1 is 1.33 bits per heavy atom. The molecule has 0 spiro atoms. The largest absolute Gasteiger partial charge is 0.281 e. The fourth-order valence-corrected chi connectivity index (χ4v) is 4.15. The first-order chi connectivity index (χ1) is 11.5. The van der Waals surface area contributed by atoms with Gasteiger partial charge in [0.05, 0.1) is 17.6 Å². The zero-order valence-electron chi connectivity index (χ0n) is 13.9. The molecular weight excluding hydrogens is 328 g/mol. The molecule has 1 N–H and O–H groups in total. The lowest BCUT2D eigenvalue weighted by atomic mass is 9.95. The molecule has 9 heteroatoms. The fourth-order valence-electron chi connectivity index (χ4n) is 2.93. The Hall–Kier alpha value is -1.84. The molecule has 3 heterocycles. The van der Waals surface area contributed by atoms with Crippen LogP contribution < -0.4 is 0 Å². The third-order valence-corrected chi connectivity index (χ3v) is 6.16. The second kappa shape index (κ2) is 6.96. The molecule has 130 valence electrons. The van der Waals surface area contributed by atoms with Gasteiger partial charge in [-0.3, -0.25) is 15.1 Å². The highest BCUT2D eigenvalue weighted by Crippen LogP contribution is 2.23. The van der Waals surface area contributed by atoms with Gasteiger partial charge in [0.2, 0.25) is 0 Å². The predicted molar refractivity (Wildman–Crippen MR) is 90.2 cm³/mol. The first-order valence-corrected chi connectivity index (χ1v) is 9.35. The first-order valence-electron chi connectivity index (χ1n) is 7.95. The van der Waals surface area contributed by atoms with Crippen molar-refractivity contribution in [2.75, 3.05) is 27.2 Å². The van der Waals surface area contributed by atoms with E-state index >= 15 is 0 Å². The number of nitrogens with one attached hydrogen (secondary N) is 1. The summed E-state index contributed by atoms with van der Waals surface area (Å²) < 4.78 is 27.4. The summed E-state index contributed by atoms with van der Waals surface area (Å²) in [4.78, 5) is 8.87. The normalized spacial score (nSPS) is 19.7. The Bertz CT molecular complexity index is 758. The summed E-state index contributed by atoms with van der Waals surface area (Å²) in [5.74, 6) is 0.265. The Kier molecular flexibility index (Phi) is 4.93. The number of hydrogen-bond donors (Lipinski definition) is 1. The quantitative estimate of drug-likeness (QED) is 0.865. The van der Waals surface area contributed by atoms with Gasteiger partial charge in [0, 0.05) is 39.6 Å². The lowest BCUT2D eigenvalue weighted by Gasteiger charge is -2.33. The van der Waals surface area contributed by atoms with E-state index in [2.05, 4.69) is 20.2 Å². The van der Waals surface area contributed by atoms with Crippen LogP contribution in [0.15, 0.2) is 24.7 Å². The van der Waals surface area contributed by atoms with Gasteiger partial charge in [-0.05, 0) is 31.2 Å². The van der Waals surface area contributed by atoms with E-state index in [-0.39, 0.29) is 5.92 Å². The van der Waals surface area contributed by atoms with Crippen LogP contribution in [0.25, 0.3) is 11.4 Å². The van der Waals surface area contributed by atoms with Crippen molar-refractivity contribution in [1.82, 2.24) is 28.8 Å². The minimum atomic E-state index is -3.34. The second-order valence-electron chi connectivity index (χ2n) is 6.22. The monoisotopic (exact) mass is 350 g/mol. The highest BCUT2D eigenvalue weighted by molar-refractivity contribution is 7.86. The molecule has 2 aromatic rings. The molecule has 8 nitrogen and oxygen atoms in total. The SMILES string of the molecule is CN(C)S(=O)(=O)N1CCC[C@@H](Cc2cnc(-c3ccn[nH]3)cn2)C1. The zero-order valence-corrected chi connectivity index (χ0v) is 14.7. The van der Waals surface area contributed by atoms with Crippen molar-refractivity contribution in [3.63, 3.8) is 0 Å². The maximum absolute atomic E-state index is 12.3. The molecule has 2 aromatic heterocycles. The predicted octanol–water partition coefficient (Wildman–Crippen LogP) is 0.928. The minimum Gasteiger partial charge on any atom is -0.276 e. The number of aromatic nitrogens is 4. The van der Waals surface area contributed by atoms with Crippen molar-refractivity contribution >= 4 is 10.2 Å². The summed E-state index contributed by atoms with van der Waals surface area (Å²) in [5.41, 5.74) is 2.46. The number of piperidine rings is 1. The third kappa shape index (κ3) is 3.63. The fraction of sp³-hybridized carbons (Fsp3) is 0.533. The molecule has 24 heavy (non-hydrogen) atoms. The van der Waals surface area contributed by atoms with Crippen molar-refractivity contribution in [3.05, 3.63) is 30.4 Å². The van der Waals surface area contributed by atoms with E-state index in [9.17, 15) is 8.42 Å². The summed E-state index contributed by atoms with van der Waals surface area (Å²) >= 11 is 0. The number of H-pyrrole nitrogens is 1. The first kappa shape index (κ1) is 17.0. The van der Waals surface area contributed by atoms with Gasteiger partial charge in [0.25, 0.3) is 10.2 Å². The lowest BCUT2D eigenvalue weighted by molar-refractivity contribution is 0.253. The van der Waals surface area contributed by atoms with Gasteiger partial charge in [-0.25, -0.2) is 0 Å². The Morgan fingerprint density at radius 2 is 2.17 bits per heavy atom. The standard InChI is InChI=1S/C15H22N6O2S/c1-20(2)24(22,23)21-7-3-4-12(11-21)8-13-9-17-15(10-16-13)14-5-6-18-19-14/h5-6,9-10,12H,3-4,7-8,11H2,1-2H3,(H,18,19)/t12-/m0/s1. The van der Waals surface area contributed by atoms with E-state index in [0.29, 0.717) is 13.1 Å². The third-order valence-electron chi connectivity index (χ3n) is 4.25. The number of aromatic amines is 1. The van der Waals surface area contributed by atoms with Crippen molar-refractivity contribution < 1.29 is 8.42 Å². The second-order valence-corrected chi connectivity index (χ2v) is 8.37. The summed E-state index contributed by atoms with van der Waals surface area (Å²) in [6.45, 7) is 1.12. The molecule has 0 saturated carbocycles. The molecule has 1 atom stereocenters. The smallest absolute Gasteiger partial charge is 0.276 e. The maximum Gasteiger partial charge on any atom is 0.281 e. The van der Waals surface area contributed by atoms with E-state index in [1.54, 1.807) is 37.0 Å². The molecule has 1 saturated heterocycles. The number of nitrogens with zero attached hydrogens (tertiary/aromatic N) is 5. The van der Waals surface area contributed by atoms with Crippen LogP contribution in [-0.4, -0.2) is 64.4 Å². The Balaban J connectivity index is 1.65.